The molecule has 2 rings (SSSR count). The van der Waals surface area contributed by atoms with Crippen molar-refractivity contribution in [3.05, 3.63) is 122 Å². The zero-order valence-electron chi connectivity index (χ0n) is 65.3. The van der Waals surface area contributed by atoms with E-state index in [0.29, 0.717) is 6.42 Å². The molecule has 0 aromatic heterocycles. The Morgan fingerprint density at radius 2 is 0.670 bits per heavy atom. The number of rotatable bonds is 70. The highest BCUT2D eigenvalue weighted by Crippen LogP contribution is 2.30. The SMILES string of the molecule is CC/C=C\C/C=C\C/C=C\C/C=C\C/C=C\C/C=C\C/C=C\C/C=C\C/C=C\CCCCCCCCCCCC(=O)NC(COC1OC(CO)C(OC2OC(CO)C(O)C(O)C2O)C(O)C1O)C(O)/C=C/CCCCCCCCCCCCCCCCCCCCCCCCCCCCCCCC. The minimum atomic E-state index is -1.80. The first-order valence-corrected chi connectivity index (χ1v) is 42.3. The summed E-state index contributed by atoms with van der Waals surface area (Å²) in [6, 6.07) is -0.929. The van der Waals surface area contributed by atoms with Gasteiger partial charge < -0.3 is 65.1 Å². The van der Waals surface area contributed by atoms with Crippen LogP contribution in [0.3, 0.4) is 0 Å². The smallest absolute Gasteiger partial charge is 0.220 e. The van der Waals surface area contributed by atoms with Gasteiger partial charge in [-0.25, -0.2) is 0 Å². The van der Waals surface area contributed by atoms with Gasteiger partial charge in [-0.15, -0.1) is 0 Å². The highest BCUT2D eigenvalue weighted by molar-refractivity contribution is 5.76. The summed E-state index contributed by atoms with van der Waals surface area (Å²) >= 11 is 0. The van der Waals surface area contributed by atoms with Crippen molar-refractivity contribution in [3.8, 4) is 0 Å². The van der Waals surface area contributed by atoms with Crippen molar-refractivity contribution in [2.75, 3.05) is 19.8 Å². The van der Waals surface area contributed by atoms with Crippen LogP contribution >= 0.6 is 0 Å². The number of carbonyl (C=O) groups is 1. The van der Waals surface area contributed by atoms with Crippen LogP contribution in [0, 0.1) is 0 Å². The monoisotopic (exact) mass is 1450 g/mol. The number of unbranched alkanes of at least 4 members (excludes halogenated alkanes) is 39. The fourth-order valence-corrected chi connectivity index (χ4v) is 13.3. The van der Waals surface area contributed by atoms with Crippen molar-refractivity contribution in [2.45, 2.75) is 415 Å². The zero-order valence-corrected chi connectivity index (χ0v) is 65.3. The molecule has 0 radical (unpaired) electrons. The fourth-order valence-electron chi connectivity index (χ4n) is 13.3. The zero-order chi connectivity index (χ0) is 74.4. The van der Waals surface area contributed by atoms with E-state index in [1.807, 2.05) is 6.08 Å². The Morgan fingerprint density at radius 1 is 0.359 bits per heavy atom. The Balaban J connectivity index is 1.62. The minimum absolute atomic E-state index is 0.246. The van der Waals surface area contributed by atoms with Crippen molar-refractivity contribution in [1.82, 2.24) is 5.32 Å². The van der Waals surface area contributed by atoms with Gasteiger partial charge in [0.05, 0.1) is 32.0 Å². The first kappa shape index (κ1) is 95.5. The Bertz CT molecular complexity index is 2200. The molecular weight excluding hydrogens is 1290 g/mol. The summed E-state index contributed by atoms with van der Waals surface area (Å²) < 4.78 is 22.9. The molecule has 12 unspecified atom stereocenters. The van der Waals surface area contributed by atoms with Gasteiger partial charge in [-0.05, 0) is 89.9 Å². The normalized spacial score (nSPS) is 22.2. The highest BCUT2D eigenvalue weighted by Gasteiger charge is 2.51. The molecular formula is C89H155NO13. The van der Waals surface area contributed by atoms with Crippen molar-refractivity contribution < 1.29 is 64.6 Å². The van der Waals surface area contributed by atoms with Crippen LogP contribution in [0.25, 0.3) is 0 Å². The first-order valence-electron chi connectivity index (χ1n) is 42.3. The minimum Gasteiger partial charge on any atom is -0.394 e. The number of carbonyl (C=O) groups excluding carboxylic acids is 1. The average Bonchev–Trinajstić information content (AvgIpc) is 0.791. The number of aliphatic hydroxyl groups excluding tert-OH is 8. The van der Waals surface area contributed by atoms with Gasteiger partial charge in [0.25, 0.3) is 0 Å². The molecule has 2 heterocycles. The lowest BCUT2D eigenvalue weighted by molar-refractivity contribution is -0.359. The number of ether oxygens (including phenoxy) is 4. The molecule has 0 spiro atoms. The van der Waals surface area contributed by atoms with E-state index in [9.17, 15) is 45.6 Å². The third-order valence-corrected chi connectivity index (χ3v) is 19.9. The maximum Gasteiger partial charge on any atom is 0.220 e. The van der Waals surface area contributed by atoms with Crippen LogP contribution in [0.2, 0.25) is 0 Å². The van der Waals surface area contributed by atoms with E-state index in [-0.39, 0.29) is 18.9 Å². The molecule has 9 N–H and O–H groups in total. The van der Waals surface area contributed by atoms with Gasteiger partial charge in [-0.1, -0.05) is 367 Å². The quantitative estimate of drug-likeness (QED) is 0.0204. The van der Waals surface area contributed by atoms with Crippen molar-refractivity contribution in [2.24, 2.45) is 0 Å². The maximum absolute atomic E-state index is 13.4. The second-order valence-corrected chi connectivity index (χ2v) is 29.2. The van der Waals surface area contributed by atoms with Crippen LogP contribution in [-0.4, -0.2) is 140 Å². The topological polar surface area (TPSA) is 228 Å². The largest absolute Gasteiger partial charge is 0.394 e. The molecule has 1 amide bonds. The van der Waals surface area contributed by atoms with Gasteiger partial charge in [0.1, 0.15) is 48.8 Å². The molecule has 2 aliphatic heterocycles. The molecule has 103 heavy (non-hydrogen) atoms. The van der Waals surface area contributed by atoms with Crippen LogP contribution in [-0.2, 0) is 23.7 Å². The number of hydrogen-bond donors (Lipinski definition) is 9. The van der Waals surface area contributed by atoms with E-state index in [0.717, 1.165) is 103 Å². The molecule has 2 saturated heterocycles. The fraction of sp³-hybridized carbons (Fsp3) is 0.764. The Hall–Kier alpha value is -3.61. The molecule has 0 aromatic rings. The summed E-state index contributed by atoms with van der Waals surface area (Å²) in [4.78, 5) is 13.4. The maximum atomic E-state index is 13.4. The number of nitrogens with one attached hydrogen (secondary N) is 1. The predicted octanol–water partition coefficient (Wildman–Crippen LogP) is 20.0. The van der Waals surface area contributed by atoms with E-state index in [1.54, 1.807) is 6.08 Å². The van der Waals surface area contributed by atoms with Crippen molar-refractivity contribution in [3.63, 3.8) is 0 Å². The van der Waals surface area contributed by atoms with Crippen molar-refractivity contribution in [1.29, 1.82) is 0 Å². The summed E-state index contributed by atoms with van der Waals surface area (Å²) in [6.45, 7) is 2.72. The van der Waals surface area contributed by atoms with Gasteiger partial charge in [0.15, 0.2) is 12.6 Å². The summed E-state index contributed by atoms with van der Waals surface area (Å²) in [5.41, 5.74) is 0. The molecule has 2 aliphatic rings. The van der Waals surface area contributed by atoms with Crippen LogP contribution in [0.5, 0.6) is 0 Å². The summed E-state index contributed by atoms with van der Waals surface area (Å²) in [6.07, 6.45) is 88.5. The second kappa shape index (κ2) is 71.3. The van der Waals surface area contributed by atoms with E-state index < -0.39 is 86.8 Å². The van der Waals surface area contributed by atoms with Gasteiger partial charge in [-0.3, -0.25) is 4.79 Å². The van der Waals surface area contributed by atoms with E-state index in [2.05, 4.69) is 129 Å². The lowest BCUT2D eigenvalue weighted by atomic mass is 9.97. The van der Waals surface area contributed by atoms with Gasteiger partial charge in [0.2, 0.25) is 5.91 Å². The van der Waals surface area contributed by atoms with E-state index in [4.69, 9.17) is 18.9 Å². The van der Waals surface area contributed by atoms with E-state index >= 15 is 0 Å². The number of hydrogen-bond acceptors (Lipinski definition) is 13. The summed E-state index contributed by atoms with van der Waals surface area (Å²) in [7, 11) is 0. The molecule has 0 aromatic carbocycles. The summed E-state index contributed by atoms with van der Waals surface area (Å²) in [5.74, 6) is -0.246. The van der Waals surface area contributed by atoms with Crippen molar-refractivity contribution >= 4 is 5.91 Å². The lowest BCUT2D eigenvalue weighted by Crippen LogP contribution is -2.65. The standard InChI is InChI=1S/C89H155NO13/c1-3-5-7-9-11-13-15-17-19-21-23-25-27-29-31-33-35-37-38-39-40-41-43-45-47-49-51-53-55-57-59-61-63-65-67-69-71-73-81(94)90-77(76-100-88-86(99)84(97)87(80(75-92)102-88)103-89-85(98)83(96)82(95)79(74-91)101-89)78(93)72-70-68-66-64-62-60-58-56-54-52-50-48-46-44-42-36-34-32-30-28-26-24-22-20-18-16-14-12-10-8-6-4-2/h5,7,11,13,17,19,23,25,29,31,35,37,39-40,43,45,49,51,70,72,77-80,82-89,91-93,95-99H,3-4,6,8-10,12,14-16,18,20-22,24,26-28,30,32-34,36,38,41-42,44,46-48,50,52-69,71,73-76H2,1-2H3,(H,90,94)/b7-5-,13-11-,19-17-,25-23-,31-29-,37-35-,40-39-,45-43-,51-49-,72-70+. The predicted molar refractivity (Wildman–Crippen MR) is 429 cm³/mol. The molecule has 0 saturated carbocycles. The lowest BCUT2D eigenvalue weighted by Gasteiger charge is -2.46. The first-order chi connectivity index (χ1) is 50.6. The Morgan fingerprint density at radius 3 is 1.03 bits per heavy atom. The van der Waals surface area contributed by atoms with Gasteiger partial charge >= 0.3 is 0 Å². The third-order valence-electron chi connectivity index (χ3n) is 19.9. The van der Waals surface area contributed by atoms with Crippen LogP contribution in [0.1, 0.15) is 341 Å². The van der Waals surface area contributed by atoms with Crippen LogP contribution in [0.15, 0.2) is 122 Å². The van der Waals surface area contributed by atoms with E-state index in [1.165, 1.54) is 212 Å². The Labute approximate surface area is 628 Å². The van der Waals surface area contributed by atoms with Crippen LogP contribution in [0.4, 0.5) is 0 Å². The number of amides is 1. The number of aliphatic hydroxyl groups is 8. The molecule has 0 bridgehead atoms. The third kappa shape index (κ3) is 53.8. The summed E-state index contributed by atoms with van der Waals surface area (Å²) in [5, 5.41) is 87.8. The molecule has 0 aliphatic carbocycles. The van der Waals surface area contributed by atoms with Gasteiger partial charge in [0, 0.05) is 6.42 Å². The Kier molecular flexibility index (Phi) is 66.1. The molecule has 14 heteroatoms. The second-order valence-electron chi connectivity index (χ2n) is 29.2. The van der Waals surface area contributed by atoms with Gasteiger partial charge in [-0.2, -0.15) is 0 Å². The van der Waals surface area contributed by atoms with Crippen LogP contribution < -0.4 is 5.32 Å². The average molecular weight is 1450 g/mol. The molecule has 14 nitrogen and oxygen atoms in total. The molecule has 2 fully saturated rings. The number of allylic oxidation sites excluding steroid dienone is 19. The molecule has 594 valence electrons. The molecule has 12 atom stereocenters. The highest BCUT2D eigenvalue weighted by atomic mass is 16.7.